The van der Waals surface area contributed by atoms with E-state index in [-0.39, 0.29) is 18.6 Å². The highest BCUT2D eigenvalue weighted by Crippen LogP contribution is 2.21. The zero-order valence-electron chi connectivity index (χ0n) is 20.7. The summed E-state index contributed by atoms with van der Waals surface area (Å²) < 4.78 is 0.323. The Morgan fingerprint density at radius 1 is 1.05 bits per heavy atom. The standard InChI is InChI=1S/C21H32N6O8S2/c1-26(2)15-16(18(32)17(15)31)27(3)8-4-7-23-21(36)37-10-12(19(33)24-9-14(29)30)25-13(28)6-5-11(22)20(34)35/h11-12H,4-10,22H2,1-3H3,(H,23,36)(H,24,33)(H,25,28)(H,29,30)(H,34,35)/t11-,12-/m0/s1. The molecule has 0 aromatic heterocycles. The Morgan fingerprint density at radius 3 is 2.24 bits per heavy atom. The predicted octanol–water partition coefficient (Wildman–Crippen LogP) is -2.34. The van der Waals surface area contributed by atoms with Gasteiger partial charge in [-0.25, -0.2) is 0 Å². The molecule has 37 heavy (non-hydrogen) atoms. The summed E-state index contributed by atoms with van der Waals surface area (Å²) in [5, 5.41) is 25.2. The first-order valence-electron chi connectivity index (χ1n) is 11.2. The largest absolute Gasteiger partial charge is 0.480 e. The number of thioether (sulfide) groups is 1. The number of hydrogen-bond donors (Lipinski definition) is 6. The summed E-state index contributed by atoms with van der Waals surface area (Å²) in [5.74, 6) is -3.89. The monoisotopic (exact) mass is 560 g/mol. The summed E-state index contributed by atoms with van der Waals surface area (Å²) in [6.07, 6.45) is 0.196. The summed E-state index contributed by atoms with van der Waals surface area (Å²) in [7, 11) is 5.09. The van der Waals surface area contributed by atoms with E-state index in [2.05, 4.69) is 16.0 Å². The Kier molecular flexibility index (Phi) is 13.0. The summed E-state index contributed by atoms with van der Waals surface area (Å²) >= 11 is 6.30. The molecular weight excluding hydrogens is 528 g/mol. The SMILES string of the molecule is CN(C)c1c(N(C)CCCNC(=S)SC[C@H](NC(=O)CC[C@H](N)C(=O)O)C(=O)NCC(=O)O)c(=O)c1=O. The Morgan fingerprint density at radius 2 is 1.68 bits per heavy atom. The number of amides is 2. The molecule has 1 aromatic rings. The molecule has 14 nitrogen and oxygen atoms in total. The zero-order chi connectivity index (χ0) is 28.3. The van der Waals surface area contributed by atoms with Gasteiger partial charge < -0.3 is 41.7 Å². The van der Waals surface area contributed by atoms with Gasteiger partial charge in [-0.05, 0) is 12.8 Å². The van der Waals surface area contributed by atoms with E-state index in [4.69, 9.17) is 28.2 Å². The van der Waals surface area contributed by atoms with Crippen molar-refractivity contribution in [1.82, 2.24) is 16.0 Å². The molecule has 0 aliphatic heterocycles. The van der Waals surface area contributed by atoms with E-state index < -0.39 is 53.2 Å². The van der Waals surface area contributed by atoms with E-state index in [1.165, 1.54) is 0 Å². The van der Waals surface area contributed by atoms with Gasteiger partial charge in [0, 0.05) is 46.4 Å². The third-order valence-corrected chi connectivity index (χ3v) is 6.48. The van der Waals surface area contributed by atoms with Gasteiger partial charge in [-0.1, -0.05) is 24.0 Å². The van der Waals surface area contributed by atoms with E-state index in [1.807, 2.05) is 0 Å². The smallest absolute Gasteiger partial charge is 0.322 e. The average Bonchev–Trinajstić information content (AvgIpc) is 2.83. The van der Waals surface area contributed by atoms with Crippen LogP contribution < -0.4 is 42.3 Å². The lowest BCUT2D eigenvalue weighted by Gasteiger charge is -2.26. The summed E-state index contributed by atoms with van der Waals surface area (Å²) in [6.45, 7) is 0.259. The molecular formula is C21H32N6O8S2. The third-order valence-electron chi connectivity index (χ3n) is 5.08. The first-order valence-corrected chi connectivity index (χ1v) is 12.5. The fourth-order valence-electron chi connectivity index (χ4n) is 3.11. The van der Waals surface area contributed by atoms with Crippen LogP contribution in [0.25, 0.3) is 0 Å². The van der Waals surface area contributed by atoms with Crippen molar-refractivity contribution >= 4 is 63.4 Å². The highest BCUT2D eigenvalue weighted by atomic mass is 32.2. The quantitative estimate of drug-likeness (QED) is 0.0711. The van der Waals surface area contributed by atoms with Crippen LogP contribution in [0, 0.1) is 0 Å². The molecule has 0 spiro atoms. The topological polar surface area (TPSA) is 211 Å². The molecule has 1 aromatic carbocycles. The molecule has 0 fully saturated rings. The number of aliphatic carboxylic acids is 2. The van der Waals surface area contributed by atoms with E-state index in [0.29, 0.717) is 35.2 Å². The number of hydrogen-bond acceptors (Lipinski definition) is 11. The minimum absolute atomic E-state index is 0.0103. The van der Waals surface area contributed by atoms with Crippen molar-refractivity contribution in [1.29, 1.82) is 0 Å². The molecule has 0 aliphatic rings. The van der Waals surface area contributed by atoms with Crippen LogP contribution in [0.4, 0.5) is 11.4 Å². The molecule has 1 rings (SSSR count). The number of carboxylic acids is 2. The Balaban J connectivity index is 2.55. The lowest BCUT2D eigenvalue weighted by molar-refractivity contribution is -0.139. The number of thiocarbonyl (C=S) groups is 1. The number of carbonyl (C=O) groups is 4. The van der Waals surface area contributed by atoms with Gasteiger partial charge in [-0.2, -0.15) is 0 Å². The van der Waals surface area contributed by atoms with Gasteiger partial charge in [0.05, 0.1) is 0 Å². The molecule has 0 bridgehead atoms. The molecule has 0 unspecified atom stereocenters. The molecule has 0 saturated carbocycles. The molecule has 7 N–H and O–H groups in total. The molecule has 16 heteroatoms. The Labute approximate surface area is 222 Å². The second-order valence-electron chi connectivity index (χ2n) is 8.27. The minimum Gasteiger partial charge on any atom is -0.480 e. The first kappa shape index (κ1) is 31.8. The maximum Gasteiger partial charge on any atom is 0.322 e. The molecule has 2 amide bonds. The number of nitrogens with one attached hydrogen (secondary N) is 3. The van der Waals surface area contributed by atoms with Crippen molar-refractivity contribution in [2.75, 3.05) is 56.3 Å². The molecule has 0 saturated heterocycles. The zero-order valence-corrected chi connectivity index (χ0v) is 22.4. The highest BCUT2D eigenvalue weighted by Gasteiger charge is 2.25. The van der Waals surface area contributed by atoms with Crippen molar-refractivity contribution in [2.45, 2.75) is 31.3 Å². The van der Waals surface area contributed by atoms with Crippen molar-refractivity contribution in [3.8, 4) is 0 Å². The minimum atomic E-state index is -1.26. The van der Waals surface area contributed by atoms with Crippen LogP contribution in [0.2, 0.25) is 0 Å². The van der Waals surface area contributed by atoms with Crippen LogP contribution in [0.15, 0.2) is 9.59 Å². The normalized spacial score (nSPS) is 12.3. The van der Waals surface area contributed by atoms with Crippen LogP contribution in [0.1, 0.15) is 19.3 Å². The molecule has 0 heterocycles. The van der Waals surface area contributed by atoms with Gasteiger partial charge >= 0.3 is 11.9 Å². The van der Waals surface area contributed by atoms with Gasteiger partial charge in [-0.3, -0.25) is 28.8 Å². The lowest BCUT2D eigenvalue weighted by atomic mass is 10.1. The second-order valence-corrected chi connectivity index (χ2v) is 9.96. The van der Waals surface area contributed by atoms with E-state index in [9.17, 15) is 28.8 Å². The van der Waals surface area contributed by atoms with E-state index in [0.717, 1.165) is 11.8 Å². The van der Waals surface area contributed by atoms with Crippen LogP contribution in [0.3, 0.4) is 0 Å². The lowest BCUT2D eigenvalue weighted by Crippen LogP contribution is -2.49. The molecule has 2 atom stereocenters. The number of carboxylic acid groups (broad SMARTS) is 2. The number of nitrogens with zero attached hydrogens (tertiary/aromatic N) is 2. The maximum atomic E-state index is 12.3. The Hall–Kier alpha value is -3.24. The maximum absolute atomic E-state index is 12.3. The molecule has 0 radical (unpaired) electrons. The van der Waals surface area contributed by atoms with Gasteiger partial charge in [0.2, 0.25) is 11.8 Å². The van der Waals surface area contributed by atoms with E-state index in [1.54, 1.807) is 30.9 Å². The van der Waals surface area contributed by atoms with Crippen molar-refractivity contribution in [3.05, 3.63) is 20.4 Å². The first-order chi connectivity index (χ1) is 17.3. The van der Waals surface area contributed by atoms with Crippen molar-refractivity contribution in [2.24, 2.45) is 5.73 Å². The second kappa shape index (κ2) is 15.1. The van der Waals surface area contributed by atoms with Crippen LogP contribution >= 0.6 is 24.0 Å². The predicted molar refractivity (Wildman–Crippen MR) is 144 cm³/mol. The van der Waals surface area contributed by atoms with Crippen LogP contribution in [0.5, 0.6) is 0 Å². The van der Waals surface area contributed by atoms with Gasteiger partial charge in [-0.15, -0.1) is 0 Å². The molecule has 0 aliphatic carbocycles. The summed E-state index contributed by atoms with van der Waals surface area (Å²) in [6, 6.07) is -2.36. The highest BCUT2D eigenvalue weighted by molar-refractivity contribution is 8.23. The van der Waals surface area contributed by atoms with E-state index >= 15 is 0 Å². The molecule has 206 valence electrons. The summed E-state index contributed by atoms with van der Waals surface area (Å²) in [4.78, 5) is 73.0. The van der Waals surface area contributed by atoms with Gasteiger partial charge in [0.1, 0.15) is 34.3 Å². The fraction of sp³-hybridized carbons (Fsp3) is 0.571. The van der Waals surface area contributed by atoms with Crippen molar-refractivity contribution in [3.63, 3.8) is 0 Å². The Bertz CT molecular complexity index is 1070. The number of anilines is 2. The van der Waals surface area contributed by atoms with Gasteiger partial charge in [0.25, 0.3) is 10.9 Å². The number of nitrogens with two attached hydrogens (primary N) is 1. The third kappa shape index (κ3) is 10.3. The van der Waals surface area contributed by atoms with Crippen LogP contribution in [-0.4, -0.2) is 96.9 Å². The number of carbonyl (C=O) groups excluding carboxylic acids is 2. The average molecular weight is 561 g/mol. The van der Waals surface area contributed by atoms with Crippen molar-refractivity contribution < 1.29 is 29.4 Å². The number of rotatable bonds is 16. The summed E-state index contributed by atoms with van der Waals surface area (Å²) in [5.41, 5.74) is 5.07. The van der Waals surface area contributed by atoms with Crippen LogP contribution in [-0.2, 0) is 19.2 Å². The van der Waals surface area contributed by atoms with Gasteiger partial charge in [0.15, 0.2) is 0 Å². The fourth-order valence-corrected chi connectivity index (χ4v) is 4.17.